The fourth-order valence-corrected chi connectivity index (χ4v) is 0.152. The predicted octanol–water partition coefficient (Wildman–Crippen LogP) is 0.113. The number of rotatable bonds is 0. The summed E-state index contributed by atoms with van der Waals surface area (Å²) in [5.74, 6) is 0. The molecule has 1 rings (SSSR count). The van der Waals surface area contributed by atoms with Gasteiger partial charge >= 0.3 is 0 Å². The summed E-state index contributed by atoms with van der Waals surface area (Å²) in [7, 11) is 0. The molecule has 0 N–H and O–H groups in total. The molecular formula is C4H4NO. The summed E-state index contributed by atoms with van der Waals surface area (Å²) in [4.78, 5) is 0. The maximum Gasteiger partial charge on any atom is 0.177 e. The summed E-state index contributed by atoms with van der Waals surface area (Å²) in [6, 6.07) is 1.88. The van der Waals surface area contributed by atoms with Crippen LogP contribution < -0.4 is 0 Å². The zero-order valence-electron chi connectivity index (χ0n) is 3.27. The molecule has 0 aromatic heterocycles. The van der Waals surface area contributed by atoms with E-state index >= 15 is 0 Å². The number of nitriles is 1. The monoisotopic (exact) mass is 82.0 g/mol. The van der Waals surface area contributed by atoms with Gasteiger partial charge in [-0.25, -0.2) is 0 Å². The van der Waals surface area contributed by atoms with Gasteiger partial charge in [0.2, 0.25) is 0 Å². The Hall–Kier alpha value is -0.550. The van der Waals surface area contributed by atoms with E-state index in [1.165, 1.54) is 0 Å². The molecule has 1 heterocycles. The third-order valence-electron chi connectivity index (χ3n) is 0.697. The van der Waals surface area contributed by atoms with Crippen molar-refractivity contribution < 1.29 is 4.74 Å². The number of hydrogen-bond acceptors (Lipinski definition) is 2. The third kappa shape index (κ3) is 0.373. The Morgan fingerprint density at radius 3 is 2.50 bits per heavy atom. The first-order valence-electron chi connectivity index (χ1n) is 1.67. The highest BCUT2D eigenvalue weighted by Crippen LogP contribution is 2.22. The molecule has 1 atom stereocenters. The van der Waals surface area contributed by atoms with E-state index in [0.29, 0.717) is 6.61 Å². The Labute approximate surface area is 36.3 Å². The van der Waals surface area contributed by atoms with E-state index in [2.05, 4.69) is 11.7 Å². The van der Waals surface area contributed by atoms with Crippen LogP contribution >= 0.6 is 0 Å². The van der Waals surface area contributed by atoms with Crippen molar-refractivity contribution in [3.8, 4) is 6.07 Å². The van der Waals surface area contributed by atoms with Crippen LogP contribution in [0.25, 0.3) is 0 Å². The lowest BCUT2D eigenvalue weighted by Crippen LogP contribution is -1.96. The number of hydrogen-bond donors (Lipinski definition) is 0. The van der Waals surface area contributed by atoms with Crippen molar-refractivity contribution in [3.63, 3.8) is 0 Å². The van der Waals surface area contributed by atoms with E-state index in [9.17, 15) is 0 Å². The molecule has 0 bridgehead atoms. The van der Waals surface area contributed by atoms with Crippen molar-refractivity contribution in [1.82, 2.24) is 0 Å². The highest BCUT2D eigenvalue weighted by atomic mass is 16.6. The Morgan fingerprint density at radius 2 is 2.50 bits per heavy atom. The van der Waals surface area contributed by atoms with Gasteiger partial charge in [-0.1, -0.05) is 0 Å². The van der Waals surface area contributed by atoms with Crippen molar-refractivity contribution in [2.24, 2.45) is 0 Å². The van der Waals surface area contributed by atoms with Crippen LogP contribution in [0.3, 0.4) is 0 Å². The van der Waals surface area contributed by atoms with Crippen LogP contribution in [-0.4, -0.2) is 12.2 Å². The van der Waals surface area contributed by atoms with Crippen LogP contribution in [0.4, 0.5) is 0 Å². The first-order valence-corrected chi connectivity index (χ1v) is 1.67. The third-order valence-corrected chi connectivity index (χ3v) is 0.697. The van der Waals surface area contributed by atoms with Crippen molar-refractivity contribution in [3.05, 3.63) is 6.92 Å². The molecule has 0 aromatic rings. The second-order valence-corrected chi connectivity index (χ2v) is 1.39. The van der Waals surface area contributed by atoms with Gasteiger partial charge in [0.05, 0.1) is 6.61 Å². The van der Waals surface area contributed by atoms with Gasteiger partial charge in [0, 0.05) is 0 Å². The van der Waals surface area contributed by atoms with Gasteiger partial charge in [0.15, 0.2) is 5.60 Å². The van der Waals surface area contributed by atoms with Crippen LogP contribution in [0.15, 0.2) is 0 Å². The normalized spacial score (nSPS) is 41.3. The van der Waals surface area contributed by atoms with Gasteiger partial charge < -0.3 is 4.74 Å². The SMILES string of the molecule is [CH2]C1(C#N)CO1. The Kier molecular flexibility index (Phi) is 0.449. The Bertz CT molecular complexity index is 98.6. The highest BCUT2D eigenvalue weighted by Gasteiger charge is 2.39. The zero-order chi connectivity index (χ0) is 4.62. The van der Waals surface area contributed by atoms with Gasteiger partial charge in [0.25, 0.3) is 0 Å². The predicted molar refractivity (Wildman–Crippen MR) is 19.7 cm³/mol. The largest absolute Gasteiger partial charge is 0.354 e. The smallest absolute Gasteiger partial charge is 0.177 e. The highest BCUT2D eigenvalue weighted by molar-refractivity contribution is 5.12. The molecule has 2 nitrogen and oxygen atoms in total. The molecule has 1 unspecified atom stereocenters. The number of ether oxygens (including phenoxy) is 1. The average Bonchev–Trinajstić information content (AvgIpc) is 2.22. The minimum absolute atomic E-state index is 0.503. The molecular weight excluding hydrogens is 78.0 g/mol. The van der Waals surface area contributed by atoms with Crippen LogP contribution in [-0.2, 0) is 4.74 Å². The summed E-state index contributed by atoms with van der Waals surface area (Å²) in [6.07, 6.45) is 0. The van der Waals surface area contributed by atoms with E-state index in [4.69, 9.17) is 5.26 Å². The van der Waals surface area contributed by atoms with Crippen LogP contribution in [0.2, 0.25) is 0 Å². The summed E-state index contributed by atoms with van der Waals surface area (Å²) >= 11 is 0. The molecule has 0 spiro atoms. The second-order valence-electron chi connectivity index (χ2n) is 1.39. The summed E-state index contributed by atoms with van der Waals surface area (Å²) < 4.78 is 4.57. The molecule has 0 amide bonds. The Balaban J connectivity index is 2.54. The van der Waals surface area contributed by atoms with Crippen LogP contribution in [0, 0.1) is 18.3 Å². The van der Waals surface area contributed by atoms with E-state index < -0.39 is 5.60 Å². The minimum Gasteiger partial charge on any atom is -0.354 e. The Morgan fingerprint density at radius 1 is 2.00 bits per heavy atom. The number of nitrogens with zero attached hydrogens (tertiary/aromatic N) is 1. The first-order chi connectivity index (χ1) is 2.77. The van der Waals surface area contributed by atoms with E-state index in [1.807, 2.05) is 6.07 Å². The van der Waals surface area contributed by atoms with Crippen molar-refractivity contribution in [2.45, 2.75) is 5.60 Å². The molecule has 1 radical (unpaired) electrons. The fourth-order valence-electron chi connectivity index (χ4n) is 0.152. The lowest BCUT2D eigenvalue weighted by atomic mass is 10.2. The summed E-state index contributed by atoms with van der Waals surface area (Å²) in [5, 5.41) is 8.03. The standard InChI is InChI=1S/C4H4NO/c1-4(2-5)3-6-4/h1,3H2. The van der Waals surface area contributed by atoms with Gasteiger partial charge in [-0.15, -0.1) is 0 Å². The molecule has 0 aliphatic carbocycles. The van der Waals surface area contributed by atoms with Gasteiger partial charge in [0.1, 0.15) is 6.07 Å². The molecule has 31 valence electrons. The molecule has 1 fully saturated rings. The molecule has 2 heteroatoms. The van der Waals surface area contributed by atoms with Crippen LogP contribution in [0.5, 0.6) is 0 Å². The quantitative estimate of drug-likeness (QED) is 0.389. The van der Waals surface area contributed by atoms with Crippen LogP contribution in [0.1, 0.15) is 0 Å². The van der Waals surface area contributed by atoms with E-state index in [0.717, 1.165) is 0 Å². The first kappa shape index (κ1) is 3.63. The molecule has 0 aromatic carbocycles. The zero-order valence-corrected chi connectivity index (χ0v) is 3.27. The minimum atomic E-state index is -0.653. The number of epoxide rings is 1. The molecule has 0 saturated carbocycles. The molecule has 1 aliphatic heterocycles. The van der Waals surface area contributed by atoms with E-state index in [-0.39, 0.29) is 0 Å². The van der Waals surface area contributed by atoms with Crippen molar-refractivity contribution >= 4 is 0 Å². The van der Waals surface area contributed by atoms with Gasteiger partial charge in [-0.05, 0) is 6.92 Å². The maximum absolute atomic E-state index is 8.03. The lowest BCUT2D eigenvalue weighted by Gasteiger charge is -1.77. The average molecular weight is 82.1 g/mol. The van der Waals surface area contributed by atoms with E-state index in [1.54, 1.807) is 0 Å². The van der Waals surface area contributed by atoms with Crippen molar-refractivity contribution in [1.29, 1.82) is 5.26 Å². The lowest BCUT2D eigenvalue weighted by molar-refractivity contribution is 0.396. The van der Waals surface area contributed by atoms with Gasteiger partial charge in [-0.3, -0.25) is 0 Å². The molecule has 6 heavy (non-hydrogen) atoms. The fraction of sp³-hybridized carbons (Fsp3) is 0.500. The maximum atomic E-state index is 8.03. The molecule has 1 aliphatic rings. The summed E-state index contributed by atoms with van der Waals surface area (Å²) in [6.45, 7) is 3.92. The second kappa shape index (κ2) is 0.742. The van der Waals surface area contributed by atoms with Crippen molar-refractivity contribution in [2.75, 3.05) is 6.61 Å². The van der Waals surface area contributed by atoms with Gasteiger partial charge in [-0.2, -0.15) is 5.26 Å². The topological polar surface area (TPSA) is 36.3 Å². The molecule has 1 saturated heterocycles. The summed E-state index contributed by atoms with van der Waals surface area (Å²) in [5.41, 5.74) is -0.653.